The third kappa shape index (κ3) is 4.14. The summed E-state index contributed by atoms with van der Waals surface area (Å²) in [6.45, 7) is 9.86. The van der Waals surface area contributed by atoms with Crippen molar-refractivity contribution in [1.82, 2.24) is 10.3 Å². The maximum absolute atomic E-state index is 14.6. The van der Waals surface area contributed by atoms with E-state index in [0.29, 0.717) is 24.5 Å². The summed E-state index contributed by atoms with van der Waals surface area (Å²) in [4.78, 5) is 6.14. The lowest BCUT2D eigenvalue weighted by Crippen LogP contribution is -2.35. The summed E-state index contributed by atoms with van der Waals surface area (Å²) in [6.07, 6.45) is 2.18. The fourth-order valence-corrected chi connectivity index (χ4v) is 2.56. The summed E-state index contributed by atoms with van der Waals surface area (Å²) in [7, 11) is 0. The molecule has 2 atom stereocenters. The Morgan fingerprint density at radius 2 is 2.24 bits per heavy atom. The molecule has 0 saturated carbocycles. The molecule has 21 heavy (non-hydrogen) atoms. The summed E-state index contributed by atoms with van der Waals surface area (Å²) in [5.41, 5.74) is 0.580. The number of anilines is 1. The molecule has 4 nitrogen and oxygen atoms in total. The van der Waals surface area contributed by atoms with Gasteiger partial charge in [0.15, 0.2) is 11.6 Å². The van der Waals surface area contributed by atoms with Crippen LogP contribution >= 0.6 is 0 Å². The van der Waals surface area contributed by atoms with Crippen LogP contribution < -0.4 is 10.2 Å². The molecule has 0 aliphatic carbocycles. The summed E-state index contributed by atoms with van der Waals surface area (Å²) in [5, 5.41) is 13.0. The summed E-state index contributed by atoms with van der Waals surface area (Å²) < 4.78 is 14.6. The molecule has 0 spiro atoms. The van der Waals surface area contributed by atoms with Crippen LogP contribution in [0.25, 0.3) is 0 Å². The van der Waals surface area contributed by atoms with Gasteiger partial charge in [0.05, 0.1) is 6.10 Å². The van der Waals surface area contributed by atoms with Gasteiger partial charge in [0.1, 0.15) is 0 Å². The Balaban J connectivity index is 2.11. The lowest BCUT2D eigenvalue weighted by Gasteiger charge is -2.23. The van der Waals surface area contributed by atoms with E-state index in [9.17, 15) is 9.50 Å². The van der Waals surface area contributed by atoms with Crippen LogP contribution in [0, 0.1) is 11.7 Å². The third-order valence-corrected chi connectivity index (χ3v) is 3.97. The number of aromatic nitrogens is 1. The fraction of sp³-hybridized carbons (Fsp3) is 0.688. The average molecular weight is 295 g/mol. The van der Waals surface area contributed by atoms with Crippen LogP contribution in [-0.4, -0.2) is 34.8 Å². The smallest absolute Gasteiger partial charge is 0.170 e. The van der Waals surface area contributed by atoms with Gasteiger partial charge < -0.3 is 15.3 Å². The van der Waals surface area contributed by atoms with E-state index in [1.165, 1.54) is 0 Å². The number of hydrogen-bond donors (Lipinski definition) is 2. The number of aliphatic hydroxyl groups is 1. The van der Waals surface area contributed by atoms with Crippen molar-refractivity contribution < 1.29 is 9.50 Å². The third-order valence-electron chi connectivity index (χ3n) is 3.97. The van der Waals surface area contributed by atoms with Crippen molar-refractivity contribution in [3.63, 3.8) is 0 Å². The fourth-order valence-electron chi connectivity index (χ4n) is 2.56. The Hall–Kier alpha value is -1.20. The second-order valence-corrected chi connectivity index (χ2v) is 6.95. The molecule has 2 heterocycles. The average Bonchev–Trinajstić information content (AvgIpc) is 2.86. The molecule has 118 valence electrons. The van der Waals surface area contributed by atoms with Crippen LogP contribution in [0.5, 0.6) is 0 Å². The van der Waals surface area contributed by atoms with Crippen molar-refractivity contribution in [3.8, 4) is 0 Å². The molecule has 1 aliphatic rings. The maximum atomic E-state index is 14.6. The Morgan fingerprint density at radius 1 is 1.52 bits per heavy atom. The first-order valence-electron chi connectivity index (χ1n) is 7.59. The zero-order chi connectivity index (χ0) is 15.6. The minimum atomic E-state index is -0.358. The maximum Gasteiger partial charge on any atom is 0.170 e. The Labute approximate surface area is 126 Å². The minimum Gasteiger partial charge on any atom is -0.393 e. The number of rotatable bonds is 4. The summed E-state index contributed by atoms with van der Waals surface area (Å²) in [5.74, 6) is 0.356. The van der Waals surface area contributed by atoms with E-state index in [2.05, 4.69) is 31.1 Å². The number of nitrogens with one attached hydrogen (secondary N) is 1. The van der Waals surface area contributed by atoms with E-state index in [0.717, 1.165) is 13.0 Å². The van der Waals surface area contributed by atoms with Gasteiger partial charge in [0, 0.05) is 42.9 Å². The zero-order valence-electron chi connectivity index (χ0n) is 13.4. The van der Waals surface area contributed by atoms with E-state index in [4.69, 9.17) is 0 Å². The van der Waals surface area contributed by atoms with Gasteiger partial charge in [-0.25, -0.2) is 9.37 Å². The Kier molecular flexibility index (Phi) is 4.84. The van der Waals surface area contributed by atoms with Gasteiger partial charge in [-0.05, 0) is 40.2 Å². The van der Waals surface area contributed by atoms with Gasteiger partial charge in [-0.2, -0.15) is 0 Å². The number of hydrogen-bond acceptors (Lipinski definition) is 4. The molecule has 0 bridgehead atoms. The lowest BCUT2D eigenvalue weighted by atomic mass is 10.0. The van der Waals surface area contributed by atoms with Crippen LogP contribution in [-0.2, 0) is 6.54 Å². The molecule has 1 saturated heterocycles. The zero-order valence-corrected chi connectivity index (χ0v) is 13.4. The van der Waals surface area contributed by atoms with E-state index < -0.39 is 0 Å². The topological polar surface area (TPSA) is 48.4 Å². The molecule has 1 aromatic heterocycles. The van der Waals surface area contributed by atoms with E-state index in [-0.39, 0.29) is 23.4 Å². The largest absolute Gasteiger partial charge is 0.393 e. The SMILES string of the molecule is CC(O)C1CCN(c2nccc(CNC(C)(C)C)c2F)C1. The highest BCUT2D eigenvalue weighted by atomic mass is 19.1. The van der Waals surface area contributed by atoms with Gasteiger partial charge >= 0.3 is 0 Å². The predicted molar refractivity (Wildman–Crippen MR) is 82.8 cm³/mol. The molecule has 1 aromatic rings. The van der Waals surface area contributed by atoms with Crippen LogP contribution in [0.2, 0.25) is 0 Å². The van der Waals surface area contributed by atoms with E-state index in [1.54, 1.807) is 19.2 Å². The molecular weight excluding hydrogens is 269 g/mol. The summed E-state index contributed by atoms with van der Waals surface area (Å²) in [6, 6.07) is 1.72. The van der Waals surface area contributed by atoms with Crippen molar-refractivity contribution in [2.45, 2.75) is 52.3 Å². The van der Waals surface area contributed by atoms with E-state index in [1.807, 2.05) is 4.90 Å². The Morgan fingerprint density at radius 3 is 2.81 bits per heavy atom. The van der Waals surface area contributed by atoms with Crippen molar-refractivity contribution in [2.75, 3.05) is 18.0 Å². The van der Waals surface area contributed by atoms with Gasteiger partial charge in [0.25, 0.3) is 0 Å². The van der Waals surface area contributed by atoms with Crippen LogP contribution in [0.15, 0.2) is 12.3 Å². The molecule has 2 unspecified atom stereocenters. The van der Waals surface area contributed by atoms with Crippen LogP contribution in [0.4, 0.5) is 10.2 Å². The number of halogens is 1. The van der Waals surface area contributed by atoms with Crippen LogP contribution in [0.3, 0.4) is 0 Å². The van der Waals surface area contributed by atoms with E-state index >= 15 is 0 Å². The first-order valence-corrected chi connectivity index (χ1v) is 7.59. The minimum absolute atomic E-state index is 0.0546. The molecule has 0 radical (unpaired) electrons. The number of pyridine rings is 1. The quantitative estimate of drug-likeness (QED) is 0.895. The molecule has 2 rings (SSSR count). The van der Waals surface area contributed by atoms with Crippen molar-refractivity contribution >= 4 is 5.82 Å². The molecule has 0 amide bonds. The predicted octanol–water partition coefficient (Wildman–Crippen LogP) is 2.32. The van der Waals surface area contributed by atoms with Crippen molar-refractivity contribution in [1.29, 1.82) is 0 Å². The first-order chi connectivity index (χ1) is 9.78. The molecule has 1 fully saturated rings. The molecule has 2 N–H and O–H groups in total. The highest BCUT2D eigenvalue weighted by Crippen LogP contribution is 2.27. The standard InChI is InChI=1S/C16H26FN3O/c1-11(21)13-6-8-20(10-13)15-14(17)12(5-7-18-15)9-19-16(2,3)4/h5,7,11,13,19,21H,6,8-10H2,1-4H3. The second kappa shape index (κ2) is 6.28. The monoisotopic (exact) mass is 295 g/mol. The summed E-state index contributed by atoms with van der Waals surface area (Å²) >= 11 is 0. The van der Waals surface area contributed by atoms with Gasteiger partial charge in [0.2, 0.25) is 0 Å². The van der Waals surface area contributed by atoms with Gasteiger partial charge in [-0.1, -0.05) is 0 Å². The normalized spacial score (nSPS) is 20.9. The first kappa shape index (κ1) is 16.2. The van der Waals surface area contributed by atoms with Crippen molar-refractivity contribution in [3.05, 3.63) is 23.6 Å². The van der Waals surface area contributed by atoms with Crippen LogP contribution in [0.1, 0.15) is 39.7 Å². The molecule has 0 aromatic carbocycles. The van der Waals surface area contributed by atoms with Gasteiger partial charge in [-0.3, -0.25) is 0 Å². The van der Waals surface area contributed by atoms with Gasteiger partial charge in [-0.15, -0.1) is 0 Å². The highest BCUT2D eigenvalue weighted by molar-refractivity contribution is 5.44. The molecule has 5 heteroatoms. The number of aliphatic hydroxyl groups excluding tert-OH is 1. The highest BCUT2D eigenvalue weighted by Gasteiger charge is 2.29. The Bertz CT molecular complexity index is 485. The van der Waals surface area contributed by atoms with Crippen molar-refractivity contribution in [2.24, 2.45) is 5.92 Å². The lowest BCUT2D eigenvalue weighted by molar-refractivity contribution is 0.136. The second-order valence-electron chi connectivity index (χ2n) is 6.95. The molecule has 1 aliphatic heterocycles. The number of nitrogens with zero attached hydrogens (tertiary/aromatic N) is 2. The molecular formula is C16H26FN3O.